The van der Waals surface area contributed by atoms with E-state index in [4.69, 9.17) is 33.2 Å². The molecule has 0 spiro atoms. The largest absolute Gasteiger partial charge is 0.463 e. The zero-order chi connectivity index (χ0) is 34.6. The van der Waals surface area contributed by atoms with E-state index in [0.29, 0.717) is 52.5 Å². The zero-order valence-corrected chi connectivity index (χ0v) is 28.7. The average Bonchev–Trinajstić information content (AvgIpc) is 3.16. The molecule has 0 bridgehead atoms. The highest BCUT2D eigenvalue weighted by Crippen LogP contribution is 2.32. The Morgan fingerprint density at radius 2 is 1.10 bits per heavy atom. The molecule has 50 heavy (non-hydrogen) atoms. The van der Waals surface area contributed by atoms with Crippen LogP contribution in [0.1, 0.15) is 42.0 Å². The van der Waals surface area contributed by atoms with Gasteiger partial charge in [-0.05, 0) is 42.0 Å². The van der Waals surface area contributed by atoms with E-state index in [-0.39, 0.29) is 12.6 Å². The standard InChI is InChI=1S/C42H48O8/c1-2-45-38(43)26-16-7-17-27-46-42-41(49-31-36-24-14-6-15-25-36)40(48-30-35-22-12-5-13-23-35)39(47-29-34-20-10-4-11-21-34)37(50-42)32-44-28-33-18-8-3-9-19-33/h3-6,8-16,18-26,37,39-42H,2,7,17,27-32H2,1H3/b26-16+/t37-,39-,40+,41-,42-/m1/s1. The van der Waals surface area contributed by atoms with Crippen molar-refractivity contribution in [2.45, 2.75) is 76.9 Å². The molecule has 1 aliphatic rings. The molecule has 1 aliphatic heterocycles. The molecule has 5 atom stereocenters. The van der Waals surface area contributed by atoms with Gasteiger partial charge in [-0.15, -0.1) is 0 Å². The van der Waals surface area contributed by atoms with Crippen molar-refractivity contribution < 1.29 is 38.0 Å². The molecule has 0 aromatic heterocycles. The van der Waals surface area contributed by atoms with Crippen LogP contribution in [0.15, 0.2) is 133 Å². The Bertz CT molecular complexity index is 1520. The highest BCUT2D eigenvalue weighted by molar-refractivity contribution is 5.81. The molecular formula is C42H48O8. The molecule has 0 saturated carbocycles. The first kappa shape index (κ1) is 37.1. The lowest BCUT2D eigenvalue weighted by atomic mass is 9.97. The highest BCUT2D eigenvalue weighted by Gasteiger charge is 2.49. The van der Waals surface area contributed by atoms with Gasteiger partial charge in [0, 0.05) is 6.08 Å². The van der Waals surface area contributed by atoms with Gasteiger partial charge in [0.15, 0.2) is 6.29 Å². The maximum atomic E-state index is 11.7. The van der Waals surface area contributed by atoms with Gasteiger partial charge in [-0.2, -0.15) is 0 Å². The summed E-state index contributed by atoms with van der Waals surface area (Å²) in [5.41, 5.74) is 4.15. The fraction of sp³-hybridized carbons (Fsp3) is 0.357. The van der Waals surface area contributed by atoms with Crippen LogP contribution in [-0.4, -0.2) is 56.5 Å². The van der Waals surface area contributed by atoms with Crippen LogP contribution in [0.2, 0.25) is 0 Å². The first-order valence-electron chi connectivity index (χ1n) is 17.4. The van der Waals surface area contributed by atoms with Crippen molar-refractivity contribution >= 4 is 5.97 Å². The number of hydrogen-bond donors (Lipinski definition) is 0. The Labute approximate surface area is 295 Å². The van der Waals surface area contributed by atoms with Crippen LogP contribution in [-0.2, 0) is 64.4 Å². The smallest absolute Gasteiger partial charge is 0.330 e. The lowest BCUT2D eigenvalue weighted by Crippen LogP contribution is -2.61. The van der Waals surface area contributed by atoms with E-state index in [2.05, 4.69) is 0 Å². The first-order valence-corrected chi connectivity index (χ1v) is 17.4. The third-order valence-electron chi connectivity index (χ3n) is 8.18. The quantitative estimate of drug-likeness (QED) is 0.0537. The Balaban J connectivity index is 1.38. The second-order valence-electron chi connectivity index (χ2n) is 12.0. The number of hydrogen-bond acceptors (Lipinski definition) is 8. The molecule has 1 saturated heterocycles. The summed E-state index contributed by atoms with van der Waals surface area (Å²) in [6.45, 7) is 4.23. The van der Waals surface area contributed by atoms with Crippen molar-refractivity contribution in [3.8, 4) is 0 Å². The molecule has 4 aromatic carbocycles. The van der Waals surface area contributed by atoms with E-state index in [1.165, 1.54) is 6.08 Å². The molecule has 0 aliphatic carbocycles. The maximum absolute atomic E-state index is 11.7. The topological polar surface area (TPSA) is 81.7 Å². The van der Waals surface area contributed by atoms with E-state index in [1.54, 1.807) is 13.0 Å². The number of benzene rings is 4. The minimum Gasteiger partial charge on any atom is -0.463 e. The summed E-state index contributed by atoms with van der Waals surface area (Å²) in [6, 6.07) is 40.2. The summed E-state index contributed by atoms with van der Waals surface area (Å²) < 4.78 is 44.5. The van der Waals surface area contributed by atoms with Gasteiger partial charge in [-0.1, -0.05) is 127 Å². The molecule has 5 rings (SSSR count). The van der Waals surface area contributed by atoms with Gasteiger partial charge in [0.25, 0.3) is 0 Å². The number of ether oxygens (including phenoxy) is 7. The normalized spacial score (nSPS) is 20.5. The number of esters is 1. The lowest BCUT2D eigenvalue weighted by molar-refractivity contribution is -0.328. The number of unbranched alkanes of at least 4 members (excludes halogenated alkanes) is 1. The Hall–Kier alpha value is -4.15. The zero-order valence-electron chi connectivity index (χ0n) is 28.7. The molecule has 264 valence electrons. The van der Waals surface area contributed by atoms with Crippen LogP contribution in [0.5, 0.6) is 0 Å². The lowest BCUT2D eigenvalue weighted by Gasteiger charge is -2.46. The van der Waals surface area contributed by atoms with Crippen LogP contribution >= 0.6 is 0 Å². The summed E-state index contributed by atoms with van der Waals surface area (Å²) in [6.07, 6.45) is 1.55. The molecular weight excluding hydrogens is 632 g/mol. The van der Waals surface area contributed by atoms with Gasteiger partial charge in [-0.3, -0.25) is 0 Å². The van der Waals surface area contributed by atoms with Gasteiger partial charge in [-0.25, -0.2) is 4.79 Å². The molecule has 0 amide bonds. The molecule has 4 aromatic rings. The minimum atomic E-state index is -0.768. The first-order chi connectivity index (χ1) is 24.7. The fourth-order valence-corrected chi connectivity index (χ4v) is 5.65. The van der Waals surface area contributed by atoms with E-state index < -0.39 is 30.7 Å². The molecule has 0 N–H and O–H groups in total. The summed E-state index contributed by atoms with van der Waals surface area (Å²) in [7, 11) is 0. The fourth-order valence-electron chi connectivity index (χ4n) is 5.65. The van der Waals surface area contributed by atoms with Gasteiger partial charge in [0.2, 0.25) is 0 Å². The predicted octanol–water partition coefficient (Wildman–Crippen LogP) is 7.60. The van der Waals surface area contributed by atoms with Crippen molar-refractivity contribution in [1.82, 2.24) is 0 Å². The van der Waals surface area contributed by atoms with Gasteiger partial charge >= 0.3 is 5.97 Å². The van der Waals surface area contributed by atoms with E-state index >= 15 is 0 Å². The second-order valence-corrected chi connectivity index (χ2v) is 12.0. The SMILES string of the molecule is CCOC(=O)/C=C/CCCO[C@@H]1O[C@H](COCc2ccccc2)[C@@H](OCc2ccccc2)[C@H](OCc2ccccc2)[C@H]1OCc1ccccc1. The van der Waals surface area contributed by atoms with E-state index in [9.17, 15) is 4.79 Å². The molecule has 8 heteroatoms. The summed E-state index contributed by atoms with van der Waals surface area (Å²) >= 11 is 0. The van der Waals surface area contributed by atoms with Crippen LogP contribution in [0, 0.1) is 0 Å². The number of carbonyl (C=O) groups excluding carboxylic acids is 1. The van der Waals surface area contributed by atoms with Crippen molar-refractivity contribution in [3.63, 3.8) is 0 Å². The monoisotopic (exact) mass is 680 g/mol. The van der Waals surface area contributed by atoms with Crippen LogP contribution in [0.4, 0.5) is 0 Å². The average molecular weight is 681 g/mol. The minimum absolute atomic E-state index is 0.257. The van der Waals surface area contributed by atoms with Crippen LogP contribution in [0.25, 0.3) is 0 Å². The van der Waals surface area contributed by atoms with Crippen molar-refractivity contribution in [3.05, 3.63) is 156 Å². The molecule has 1 fully saturated rings. The maximum Gasteiger partial charge on any atom is 0.330 e. The third kappa shape index (κ3) is 12.3. The summed E-state index contributed by atoms with van der Waals surface area (Å²) in [4.78, 5) is 11.7. The van der Waals surface area contributed by atoms with E-state index in [0.717, 1.165) is 22.3 Å². The van der Waals surface area contributed by atoms with Crippen molar-refractivity contribution in [2.75, 3.05) is 19.8 Å². The molecule has 8 nitrogen and oxygen atoms in total. The van der Waals surface area contributed by atoms with Crippen LogP contribution < -0.4 is 0 Å². The Morgan fingerprint density at radius 1 is 0.620 bits per heavy atom. The summed E-state index contributed by atoms with van der Waals surface area (Å²) in [5.74, 6) is -0.350. The van der Waals surface area contributed by atoms with Gasteiger partial charge in [0.1, 0.15) is 24.4 Å². The van der Waals surface area contributed by atoms with Gasteiger partial charge in [0.05, 0.1) is 46.2 Å². The molecule has 0 radical (unpaired) electrons. The Morgan fingerprint density at radius 3 is 1.62 bits per heavy atom. The van der Waals surface area contributed by atoms with Crippen molar-refractivity contribution in [1.29, 1.82) is 0 Å². The highest BCUT2D eigenvalue weighted by atomic mass is 16.7. The number of carbonyl (C=O) groups is 1. The molecule has 1 heterocycles. The van der Waals surface area contributed by atoms with Crippen molar-refractivity contribution in [2.24, 2.45) is 0 Å². The number of allylic oxidation sites excluding steroid dienone is 1. The van der Waals surface area contributed by atoms with E-state index in [1.807, 2.05) is 121 Å². The predicted molar refractivity (Wildman–Crippen MR) is 191 cm³/mol. The molecule has 0 unspecified atom stereocenters. The number of rotatable bonds is 20. The van der Waals surface area contributed by atoms with Crippen LogP contribution in [0.3, 0.4) is 0 Å². The second kappa shape index (κ2) is 21.2. The third-order valence-corrected chi connectivity index (χ3v) is 8.18. The Kier molecular flexibility index (Phi) is 15.7. The summed E-state index contributed by atoms with van der Waals surface area (Å²) in [5, 5.41) is 0. The van der Waals surface area contributed by atoms with Gasteiger partial charge < -0.3 is 33.2 Å².